The fourth-order valence-corrected chi connectivity index (χ4v) is 5.45. The first-order valence-electron chi connectivity index (χ1n) is 12.7. The molecule has 0 bridgehead atoms. The van der Waals surface area contributed by atoms with Crippen molar-refractivity contribution in [3.8, 4) is 0 Å². The van der Waals surface area contributed by atoms with Crippen LogP contribution >= 0.6 is 0 Å². The minimum absolute atomic E-state index is 0.0166. The molecule has 184 valence electrons. The van der Waals surface area contributed by atoms with Crippen molar-refractivity contribution in [1.82, 2.24) is 31.1 Å². The number of carbonyl (C=O) groups is 4. The molecule has 0 aromatic heterocycles. The summed E-state index contributed by atoms with van der Waals surface area (Å²) in [5, 5.41) is 12.0. The number of hydrogen-bond donors (Lipinski definition) is 4. The van der Waals surface area contributed by atoms with Gasteiger partial charge in [0.1, 0.15) is 12.1 Å². The fraction of sp³-hybridized carbons (Fsp3) is 0.826. The monoisotopic (exact) mass is 462 g/mol. The highest BCUT2D eigenvalue weighted by Gasteiger charge is 2.41. The molecule has 10 nitrogen and oxygen atoms in total. The van der Waals surface area contributed by atoms with E-state index in [0.29, 0.717) is 26.1 Å². The molecule has 10 heteroatoms. The summed E-state index contributed by atoms with van der Waals surface area (Å²) in [5.74, 6) is -0.665. The number of nitrogens with one attached hydrogen (secondary N) is 4. The van der Waals surface area contributed by atoms with Crippen molar-refractivity contribution in [2.24, 2.45) is 5.92 Å². The number of rotatable bonds is 4. The standard InChI is InChI=1S/C23H38N6O4/c30-20-18(7-4-10-25-20)27-21(31)19-15-28(23(33)26-17-5-2-1-3-6-17)13-14-29(19)22(32)16-8-11-24-12-9-16/h16-19,24H,1-15H2,(H,25,30)(H,26,33)(H,27,31). The van der Waals surface area contributed by atoms with Gasteiger partial charge in [0, 0.05) is 31.6 Å². The molecule has 2 unspecified atom stereocenters. The normalized spacial score (nSPS) is 27.6. The number of hydrogen-bond acceptors (Lipinski definition) is 5. The van der Waals surface area contributed by atoms with Crippen molar-refractivity contribution in [2.45, 2.75) is 75.9 Å². The smallest absolute Gasteiger partial charge is 0.317 e. The Kier molecular flexibility index (Phi) is 8.06. The Bertz CT molecular complexity index is 734. The summed E-state index contributed by atoms with van der Waals surface area (Å²) in [4.78, 5) is 55.1. The van der Waals surface area contributed by atoms with Crippen LogP contribution in [0.15, 0.2) is 0 Å². The summed E-state index contributed by atoms with van der Waals surface area (Å²) in [7, 11) is 0. The summed E-state index contributed by atoms with van der Waals surface area (Å²) < 4.78 is 0. The highest BCUT2D eigenvalue weighted by Crippen LogP contribution is 2.22. The molecule has 2 atom stereocenters. The van der Waals surface area contributed by atoms with Crippen LogP contribution in [0.3, 0.4) is 0 Å². The quantitative estimate of drug-likeness (QED) is 0.466. The van der Waals surface area contributed by atoms with Crippen LogP contribution < -0.4 is 21.3 Å². The molecule has 4 aliphatic rings. The molecule has 33 heavy (non-hydrogen) atoms. The molecule has 4 rings (SSSR count). The average Bonchev–Trinajstić information content (AvgIpc) is 2.85. The SMILES string of the molecule is O=C1NCCCC1NC(=O)C1CN(C(=O)NC2CCCCC2)CCN1C(=O)C1CCNCC1. The van der Waals surface area contributed by atoms with Gasteiger partial charge >= 0.3 is 6.03 Å². The van der Waals surface area contributed by atoms with E-state index in [2.05, 4.69) is 21.3 Å². The Morgan fingerprint density at radius 2 is 1.61 bits per heavy atom. The van der Waals surface area contributed by atoms with Crippen molar-refractivity contribution >= 4 is 23.8 Å². The third-order valence-corrected chi connectivity index (χ3v) is 7.48. The van der Waals surface area contributed by atoms with Crippen molar-refractivity contribution in [2.75, 3.05) is 39.3 Å². The second-order valence-electron chi connectivity index (χ2n) is 9.80. The first-order valence-corrected chi connectivity index (χ1v) is 12.7. The lowest BCUT2D eigenvalue weighted by molar-refractivity contribution is -0.147. The number of urea groups is 1. The maximum atomic E-state index is 13.3. The second kappa shape index (κ2) is 11.2. The van der Waals surface area contributed by atoms with E-state index in [-0.39, 0.29) is 42.3 Å². The summed E-state index contributed by atoms with van der Waals surface area (Å²) >= 11 is 0. The van der Waals surface area contributed by atoms with Crippen molar-refractivity contribution < 1.29 is 19.2 Å². The first kappa shape index (κ1) is 23.8. The molecular weight excluding hydrogens is 424 g/mol. The minimum atomic E-state index is -0.784. The van der Waals surface area contributed by atoms with Crippen LogP contribution in [-0.2, 0) is 14.4 Å². The predicted molar refractivity (Wildman–Crippen MR) is 122 cm³/mol. The summed E-state index contributed by atoms with van der Waals surface area (Å²) in [6.07, 6.45) is 8.31. The highest BCUT2D eigenvalue weighted by molar-refractivity contribution is 5.93. The Morgan fingerprint density at radius 3 is 2.33 bits per heavy atom. The van der Waals surface area contributed by atoms with Crippen molar-refractivity contribution in [3.63, 3.8) is 0 Å². The van der Waals surface area contributed by atoms with Crippen LogP contribution in [0.1, 0.15) is 57.8 Å². The average molecular weight is 463 g/mol. The molecule has 0 aromatic rings. The second-order valence-corrected chi connectivity index (χ2v) is 9.80. The summed E-state index contributed by atoms with van der Waals surface area (Å²) in [6, 6.07) is -1.36. The van der Waals surface area contributed by atoms with E-state index < -0.39 is 12.1 Å². The van der Waals surface area contributed by atoms with E-state index in [1.807, 2.05) is 0 Å². The zero-order valence-corrected chi connectivity index (χ0v) is 19.4. The van der Waals surface area contributed by atoms with Gasteiger partial charge in [-0.15, -0.1) is 0 Å². The Hall–Kier alpha value is -2.36. The molecule has 0 aromatic carbocycles. The highest BCUT2D eigenvalue weighted by atomic mass is 16.2. The number of nitrogens with zero attached hydrogens (tertiary/aromatic N) is 2. The Labute approximate surface area is 195 Å². The number of amides is 5. The van der Waals surface area contributed by atoms with Gasteiger partial charge < -0.3 is 31.1 Å². The summed E-state index contributed by atoms with van der Waals surface area (Å²) in [6.45, 7) is 3.08. The molecule has 0 radical (unpaired) electrons. The molecule has 1 aliphatic carbocycles. The zero-order chi connectivity index (χ0) is 23.2. The topological polar surface area (TPSA) is 123 Å². The fourth-order valence-electron chi connectivity index (χ4n) is 5.45. The lowest BCUT2D eigenvalue weighted by Crippen LogP contribution is -2.65. The predicted octanol–water partition coefficient (Wildman–Crippen LogP) is -0.0641. The molecule has 4 N–H and O–H groups in total. The number of carbonyl (C=O) groups excluding carboxylic acids is 4. The van der Waals surface area contributed by atoms with Crippen LogP contribution in [0, 0.1) is 5.92 Å². The van der Waals surface area contributed by atoms with Crippen LogP contribution in [0.25, 0.3) is 0 Å². The van der Waals surface area contributed by atoms with Gasteiger partial charge in [-0.05, 0) is 51.6 Å². The molecule has 4 fully saturated rings. The number of piperazine rings is 1. The Morgan fingerprint density at radius 1 is 0.848 bits per heavy atom. The van der Waals surface area contributed by atoms with Crippen molar-refractivity contribution in [1.29, 1.82) is 0 Å². The van der Waals surface area contributed by atoms with Crippen LogP contribution in [-0.4, -0.2) is 90.9 Å². The lowest BCUT2D eigenvalue weighted by Gasteiger charge is -2.43. The molecule has 0 spiro atoms. The van der Waals surface area contributed by atoms with Gasteiger partial charge in [-0.1, -0.05) is 19.3 Å². The van der Waals surface area contributed by atoms with Gasteiger partial charge in [-0.3, -0.25) is 14.4 Å². The van der Waals surface area contributed by atoms with Crippen LogP contribution in [0.2, 0.25) is 0 Å². The lowest BCUT2D eigenvalue weighted by atomic mass is 9.94. The van der Waals surface area contributed by atoms with Gasteiger partial charge in [0.15, 0.2) is 0 Å². The van der Waals surface area contributed by atoms with Crippen molar-refractivity contribution in [3.05, 3.63) is 0 Å². The molecule has 3 aliphatic heterocycles. The maximum Gasteiger partial charge on any atom is 0.317 e. The van der Waals surface area contributed by atoms with Gasteiger partial charge in [-0.25, -0.2) is 4.79 Å². The third kappa shape index (κ3) is 5.96. The third-order valence-electron chi connectivity index (χ3n) is 7.48. The minimum Gasteiger partial charge on any atom is -0.354 e. The Balaban J connectivity index is 1.44. The van der Waals surface area contributed by atoms with Crippen LogP contribution in [0.4, 0.5) is 4.79 Å². The zero-order valence-electron chi connectivity index (χ0n) is 19.4. The first-order chi connectivity index (χ1) is 16.0. The molecule has 5 amide bonds. The molecule has 3 heterocycles. The van der Waals surface area contributed by atoms with Crippen LogP contribution in [0.5, 0.6) is 0 Å². The van der Waals surface area contributed by atoms with Gasteiger partial charge in [0.25, 0.3) is 0 Å². The number of piperidine rings is 2. The maximum absolute atomic E-state index is 13.3. The molecule has 3 saturated heterocycles. The van der Waals surface area contributed by atoms with E-state index >= 15 is 0 Å². The van der Waals surface area contributed by atoms with E-state index in [4.69, 9.17) is 0 Å². The molecular formula is C23H38N6O4. The van der Waals surface area contributed by atoms with E-state index in [0.717, 1.165) is 58.0 Å². The van der Waals surface area contributed by atoms with E-state index in [9.17, 15) is 19.2 Å². The molecule has 1 saturated carbocycles. The largest absolute Gasteiger partial charge is 0.354 e. The van der Waals surface area contributed by atoms with E-state index in [1.165, 1.54) is 6.42 Å². The van der Waals surface area contributed by atoms with Gasteiger partial charge in [-0.2, -0.15) is 0 Å². The summed E-state index contributed by atoms with van der Waals surface area (Å²) in [5.41, 5.74) is 0. The van der Waals surface area contributed by atoms with Gasteiger partial charge in [0.05, 0.1) is 6.54 Å². The van der Waals surface area contributed by atoms with E-state index in [1.54, 1.807) is 9.80 Å². The van der Waals surface area contributed by atoms with Gasteiger partial charge in [0.2, 0.25) is 17.7 Å².